The molecule has 2 amide bonds. The lowest BCUT2D eigenvalue weighted by Gasteiger charge is -2.17. The molecule has 1 aromatic carbocycles. The van der Waals surface area contributed by atoms with Gasteiger partial charge in [-0.05, 0) is 31.2 Å². The standard InChI is InChI=1S/C22H25N3O2S2/c1-14-5-7-15(8-6-14)24-19(26)11-20-25-17(13-28-20)18-10-9-16(29-18)12-23-21(27)22(2,3)4/h5-10,13H,11-12H2,1-4H3,(H,23,27)(H,24,26). The minimum atomic E-state index is -0.400. The minimum Gasteiger partial charge on any atom is -0.351 e. The second-order valence-corrected chi connectivity index (χ2v) is 10.0. The highest BCUT2D eigenvalue weighted by molar-refractivity contribution is 7.16. The van der Waals surface area contributed by atoms with Crippen LogP contribution >= 0.6 is 22.7 Å². The van der Waals surface area contributed by atoms with Gasteiger partial charge in [-0.2, -0.15) is 0 Å². The van der Waals surface area contributed by atoms with Crippen molar-refractivity contribution in [1.82, 2.24) is 10.3 Å². The van der Waals surface area contributed by atoms with Gasteiger partial charge in [-0.1, -0.05) is 38.5 Å². The number of carbonyl (C=O) groups excluding carboxylic acids is 2. The monoisotopic (exact) mass is 427 g/mol. The van der Waals surface area contributed by atoms with E-state index in [2.05, 4.69) is 15.6 Å². The normalized spacial score (nSPS) is 11.3. The maximum absolute atomic E-state index is 12.3. The predicted molar refractivity (Wildman–Crippen MR) is 120 cm³/mol. The minimum absolute atomic E-state index is 0.0305. The van der Waals surface area contributed by atoms with E-state index in [1.807, 2.05) is 69.5 Å². The summed E-state index contributed by atoms with van der Waals surface area (Å²) in [6.45, 7) is 8.21. The highest BCUT2D eigenvalue weighted by Gasteiger charge is 2.20. The number of hydrogen-bond donors (Lipinski definition) is 2. The molecule has 2 aromatic heterocycles. The third-order valence-electron chi connectivity index (χ3n) is 4.22. The van der Waals surface area contributed by atoms with Gasteiger partial charge in [0.05, 0.1) is 23.5 Å². The lowest BCUT2D eigenvalue weighted by molar-refractivity contribution is -0.128. The quantitative estimate of drug-likeness (QED) is 0.580. The number of nitrogens with one attached hydrogen (secondary N) is 2. The molecule has 3 rings (SSSR count). The zero-order valence-electron chi connectivity index (χ0n) is 17.0. The zero-order valence-corrected chi connectivity index (χ0v) is 18.7. The van der Waals surface area contributed by atoms with Gasteiger partial charge in [0.2, 0.25) is 11.8 Å². The van der Waals surface area contributed by atoms with E-state index in [9.17, 15) is 9.59 Å². The smallest absolute Gasteiger partial charge is 0.231 e. The highest BCUT2D eigenvalue weighted by atomic mass is 32.1. The first-order valence-corrected chi connectivity index (χ1v) is 11.1. The van der Waals surface area contributed by atoms with Crippen molar-refractivity contribution in [2.24, 2.45) is 5.41 Å². The highest BCUT2D eigenvalue weighted by Crippen LogP contribution is 2.29. The van der Waals surface area contributed by atoms with Crippen LogP contribution in [0, 0.1) is 12.3 Å². The summed E-state index contributed by atoms with van der Waals surface area (Å²) < 4.78 is 0. The Balaban J connectivity index is 1.57. The van der Waals surface area contributed by atoms with Gasteiger partial charge < -0.3 is 10.6 Å². The summed E-state index contributed by atoms with van der Waals surface area (Å²) in [6, 6.07) is 11.7. The molecule has 0 fully saturated rings. The molecule has 0 bridgehead atoms. The summed E-state index contributed by atoms with van der Waals surface area (Å²) in [5.74, 6) is -0.0468. The van der Waals surface area contributed by atoms with Crippen LogP contribution in [0.25, 0.3) is 10.6 Å². The number of aryl methyl sites for hydroxylation is 1. The molecule has 2 heterocycles. The number of thiazole rings is 1. The van der Waals surface area contributed by atoms with Crippen LogP contribution < -0.4 is 10.6 Å². The number of nitrogens with zero attached hydrogens (tertiary/aromatic N) is 1. The lowest BCUT2D eigenvalue weighted by Crippen LogP contribution is -2.34. The topological polar surface area (TPSA) is 71.1 Å². The van der Waals surface area contributed by atoms with Gasteiger partial charge in [-0.15, -0.1) is 22.7 Å². The van der Waals surface area contributed by atoms with Crippen molar-refractivity contribution in [3.8, 4) is 10.6 Å². The first-order chi connectivity index (χ1) is 13.7. The summed E-state index contributed by atoms with van der Waals surface area (Å²) in [4.78, 5) is 31.0. The molecule has 0 aliphatic carbocycles. The third kappa shape index (κ3) is 5.98. The van der Waals surface area contributed by atoms with Crippen LogP contribution in [0.4, 0.5) is 5.69 Å². The number of hydrogen-bond acceptors (Lipinski definition) is 5. The van der Waals surface area contributed by atoms with Gasteiger partial charge in [0, 0.05) is 21.4 Å². The first-order valence-electron chi connectivity index (χ1n) is 9.39. The van der Waals surface area contributed by atoms with E-state index in [4.69, 9.17) is 0 Å². The van der Waals surface area contributed by atoms with Crippen molar-refractivity contribution in [3.63, 3.8) is 0 Å². The van der Waals surface area contributed by atoms with E-state index >= 15 is 0 Å². The van der Waals surface area contributed by atoms with Gasteiger partial charge in [-0.3, -0.25) is 9.59 Å². The molecule has 0 aliphatic heterocycles. The Kier molecular flexibility index (Phi) is 6.49. The summed E-state index contributed by atoms with van der Waals surface area (Å²) in [7, 11) is 0. The van der Waals surface area contributed by atoms with Crippen LogP contribution in [0.1, 0.15) is 36.2 Å². The molecule has 0 saturated carbocycles. The molecule has 0 atom stereocenters. The molecular weight excluding hydrogens is 402 g/mol. The Labute approximate surface area is 179 Å². The molecule has 0 aliphatic rings. The molecule has 152 valence electrons. The molecular formula is C22H25N3O2S2. The predicted octanol–water partition coefficient (Wildman–Crippen LogP) is 5.02. The van der Waals surface area contributed by atoms with E-state index in [1.165, 1.54) is 11.3 Å². The Morgan fingerprint density at radius 1 is 1.07 bits per heavy atom. The summed E-state index contributed by atoms with van der Waals surface area (Å²) in [5.41, 5.74) is 2.41. The number of carbonyl (C=O) groups is 2. The van der Waals surface area contributed by atoms with E-state index in [1.54, 1.807) is 11.3 Å². The molecule has 5 nitrogen and oxygen atoms in total. The van der Waals surface area contributed by atoms with Crippen LogP contribution in [0.15, 0.2) is 41.8 Å². The fourth-order valence-electron chi connectivity index (χ4n) is 2.53. The first kappa shape index (κ1) is 21.2. The van der Waals surface area contributed by atoms with Crippen molar-refractivity contribution in [2.45, 2.75) is 40.7 Å². The number of benzene rings is 1. The third-order valence-corrected chi connectivity index (χ3v) is 6.17. The van der Waals surface area contributed by atoms with E-state index in [0.717, 1.165) is 31.7 Å². The van der Waals surface area contributed by atoms with Crippen LogP contribution in [-0.4, -0.2) is 16.8 Å². The average Bonchev–Trinajstić information content (AvgIpc) is 3.30. The van der Waals surface area contributed by atoms with Crippen molar-refractivity contribution in [3.05, 3.63) is 57.2 Å². The fraction of sp³-hybridized carbons (Fsp3) is 0.318. The Morgan fingerprint density at radius 2 is 1.79 bits per heavy atom. The Bertz CT molecular complexity index is 998. The van der Waals surface area contributed by atoms with Crippen LogP contribution in [0.2, 0.25) is 0 Å². The molecule has 29 heavy (non-hydrogen) atoms. The number of thiophene rings is 1. The summed E-state index contributed by atoms with van der Waals surface area (Å²) >= 11 is 3.09. The van der Waals surface area contributed by atoms with Crippen molar-refractivity contribution >= 4 is 40.2 Å². The van der Waals surface area contributed by atoms with E-state index < -0.39 is 5.41 Å². The second-order valence-electron chi connectivity index (χ2n) is 7.92. The maximum atomic E-state index is 12.3. The number of rotatable bonds is 6. The summed E-state index contributed by atoms with van der Waals surface area (Å²) in [5, 5.41) is 8.61. The number of amides is 2. The zero-order chi connectivity index (χ0) is 21.0. The number of anilines is 1. The van der Waals surface area contributed by atoms with E-state index in [-0.39, 0.29) is 18.2 Å². The lowest BCUT2D eigenvalue weighted by atomic mass is 9.96. The van der Waals surface area contributed by atoms with E-state index in [0.29, 0.717) is 6.54 Å². The van der Waals surface area contributed by atoms with Gasteiger partial charge in [-0.25, -0.2) is 4.98 Å². The van der Waals surface area contributed by atoms with Gasteiger partial charge in [0.25, 0.3) is 0 Å². The summed E-state index contributed by atoms with van der Waals surface area (Å²) in [6.07, 6.45) is 0.248. The maximum Gasteiger partial charge on any atom is 0.231 e. The molecule has 0 unspecified atom stereocenters. The SMILES string of the molecule is Cc1ccc(NC(=O)Cc2nc(-c3ccc(CNC(=O)C(C)(C)C)s3)cs2)cc1. The molecule has 0 spiro atoms. The van der Waals surface area contributed by atoms with Gasteiger partial charge in [0.15, 0.2) is 0 Å². The van der Waals surface area contributed by atoms with Gasteiger partial charge in [0.1, 0.15) is 5.01 Å². The second kappa shape index (κ2) is 8.88. The fourth-order valence-corrected chi connectivity index (χ4v) is 4.30. The van der Waals surface area contributed by atoms with Crippen LogP contribution in [-0.2, 0) is 22.6 Å². The van der Waals surface area contributed by atoms with Crippen molar-refractivity contribution in [1.29, 1.82) is 0 Å². The van der Waals surface area contributed by atoms with Gasteiger partial charge >= 0.3 is 0 Å². The average molecular weight is 428 g/mol. The Hall–Kier alpha value is -2.51. The molecule has 3 aromatic rings. The Morgan fingerprint density at radius 3 is 2.48 bits per heavy atom. The molecule has 0 saturated heterocycles. The van der Waals surface area contributed by atoms with Crippen LogP contribution in [0.5, 0.6) is 0 Å². The largest absolute Gasteiger partial charge is 0.351 e. The van der Waals surface area contributed by atoms with Crippen LogP contribution in [0.3, 0.4) is 0 Å². The van der Waals surface area contributed by atoms with Crippen molar-refractivity contribution in [2.75, 3.05) is 5.32 Å². The molecule has 2 N–H and O–H groups in total. The van der Waals surface area contributed by atoms with Crippen molar-refractivity contribution < 1.29 is 9.59 Å². The molecule has 7 heteroatoms. The number of aromatic nitrogens is 1. The molecule has 0 radical (unpaired) electrons.